The van der Waals surface area contributed by atoms with Crippen molar-refractivity contribution in [1.82, 2.24) is 10.2 Å². The third-order valence-corrected chi connectivity index (χ3v) is 4.67. The van der Waals surface area contributed by atoms with E-state index in [9.17, 15) is 9.59 Å². The summed E-state index contributed by atoms with van der Waals surface area (Å²) in [6, 6.07) is -0.426. The van der Waals surface area contributed by atoms with Gasteiger partial charge in [-0.05, 0) is 40.5 Å². The Bertz CT molecular complexity index is 414. The first-order chi connectivity index (χ1) is 9.81. The van der Waals surface area contributed by atoms with Gasteiger partial charge in [0, 0.05) is 6.61 Å². The van der Waals surface area contributed by atoms with E-state index in [2.05, 4.69) is 5.32 Å². The number of carbonyl (C=O) groups excluding carboxylic acids is 2. The molecule has 1 aliphatic carbocycles. The van der Waals surface area contributed by atoms with Crippen LogP contribution in [0.25, 0.3) is 0 Å². The van der Waals surface area contributed by atoms with Crippen LogP contribution < -0.4 is 5.32 Å². The molecule has 1 atom stereocenters. The molecule has 1 heterocycles. The van der Waals surface area contributed by atoms with Crippen molar-refractivity contribution in [3.63, 3.8) is 0 Å². The monoisotopic (exact) mass is 296 g/mol. The summed E-state index contributed by atoms with van der Waals surface area (Å²) < 4.78 is 5.71. The molecule has 2 amide bonds. The third kappa shape index (κ3) is 3.23. The number of nitrogens with one attached hydrogen (secondary N) is 1. The number of nitrogens with zero attached hydrogens (tertiary/aromatic N) is 1. The van der Waals surface area contributed by atoms with Gasteiger partial charge in [0.05, 0.1) is 12.1 Å². The Morgan fingerprint density at radius 1 is 1.29 bits per heavy atom. The van der Waals surface area contributed by atoms with E-state index >= 15 is 0 Å². The first-order valence-corrected chi connectivity index (χ1v) is 8.08. The molecule has 1 unspecified atom stereocenters. The minimum atomic E-state index is -0.663. The Morgan fingerprint density at radius 3 is 2.48 bits per heavy atom. The first-order valence-electron chi connectivity index (χ1n) is 8.08. The van der Waals surface area contributed by atoms with E-state index in [4.69, 9.17) is 4.74 Å². The number of hydrogen-bond acceptors (Lipinski definition) is 3. The van der Waals surface area contributed by atoms with Crippen molar-refractivity contribution in [3.8, 4) is 0 Å². The summed E-state index contributed by atoms with van der Waals surface area (Å²) in [4.78, 5) is 27.0. The Kier molecular flexibility index (Phi) is 4.61. The quantitative estimate of drug-likeness (QED) is 0.861. The molecular formula is C16H28N2O3. The van der Waals surface area contributed by atoms with Crippen molar-refractivity contribution in [1.29, 1.82) is 0 Å². The highest BCUT2D eigenvalue weighted by Gasteiger charge is 2.50. The van der Waals surface area contributed by atoms with E-state index in [1.54, 1.807) is 11.8 Å². The van der Waals surface area contributed by atoms with Crippen LogP contribution in [0.3, 0.4) is 0 Å². The van der Waals surface area contributed by atoms with Gasteiger partial charge < -0.3 is 15.0 Å². The second-order valence-corrected chi connectivity index (χ2v) is 6.93. The lowest BCUT2D eigenvalue weighted by Crippen LogP contribution is -2.71. The highest BCUT2D eigenvalue weighted by molar-refractivity contribution is 5.99. The molecule has 0 radical (unpaired) electrons. The maximum absolute atomic E-state index is 13.0. The maximum atomic E-state index is 13.0. The molecule has 1 N–H and O–H groups in total. The van der Waals surface area contributed by atoms with E-state index in [0.717, 1.165) is 32.1 Å². The molecule has 2 fully saturated rings. The van der Waals surface area contributed by atoms with Crippen LogP contribution in [0.1, 0.15) is 59.8 Å². The number of ether oxygens (including phenoxy) is 1. The van der Waals surface area contributed by atoms with Gasteiger partial charge in [0.2, 0.25) is 11.8 Å². The van der Waals surface area contributed by atoms with Crippen LogP contribution in [0, 0.1) is 0 Å². The van der Waals surface area contributed by atoms with Crippen LogP contribution in [-0.4, -0.2) is 47.0 Å². The Balaban J connectivity index is 2.21. The first kappa shape index (κ1) is 16.3. The Labute approximate surface area is 127 Å². The molecule has 0 aromatic rings. The standard InChI is InChI=1S/C16H28N2O3/c1-5-21-15(3,4)11-18-12(2)13(19)17-16(14(18)20)9-7-6-8-10-16/h12H,5-11H2,1-4H3,(H,17,19). The van der Waals surface area contributed by atoms with E-state index in [-0.39, 0.29) is 11.8 Å². The summed E-state index contributed by atoms with van der Waals surface area (Å²) in [6.07, 6.45) is 4.67. The van der Waals surface area contributed by atoms with Crippen molar-refractivity contribution in [3.05, 3.63) is 0 Å². The van der Waals surface area contributed by atoms with Gasteiger partial charge in [0.25, 0.3) is 0 Å². The minimum Gasteiger partial charge on any atom is -0.374 e. The van der Waals surface area contributed by atoms with Crippen LogP contribution in [0.15, 0.2) is 0 Å². The summed E-state index contributed by atoms with van der Waals surface area (Å²) >= 11 is 0. The SMILES string of the molecule is CCOC(C)(C)CN1C(=O)C2(CCCCC2)NC(=O)C1C. The Hall–Kier alpha value is -1.10. The van der Waals surface area contributed by atoms with Crippen molar-refractivity contribution in [2.75, 3.05) is 13.2 Å². The van der Waals surface area contributed by atoms with E-state index in [1.807, 2.05) is 20.8 Å². The fourth-order valence-corrected chi connectivity index (χ4v) is 3.54. The number of piperazine rings is 1. The summed E-state index contributed by atoms with van der Waals surface area (Å²) in [7, 11) is 0. The van der Waals surface area contributed by atoms with Crippen molar-refractivity contribution in [2.45, 2.75) is 77.0 Å². The molecule has 2 aliphatic rings. The van der Waals surface area contributed by atoms with Crippen LogP contribution in [0.2, 0.25) is 0 Å². The van der Waals surface area contributed by atoms with Crippen LogP contribution >= 0.6 is 0 Å². The van der Waals surface area contributed by atoms with Gasteiger partial charge in [-0.2, -0.15) is 0 Å². The number of hydrogen-bond donors (Lipinski definition) is 1. The van der Waals surface area contributed by atoms with Crippen molar-refractivity contribution >= 4 is 11.8 Å². The smallest absolute Gasteiger partial charge is 0.249 e. The summed E-state index contributed by atoms with van der Waals surface area (Å²) in [5, 5.41) is 3.01. The fraction of sp³-hybridized carbons (Fsp3) is 0.875. The predicted octanol–water partition coefficient (Wildman–Crippen LogP) is 1.85. The molecule has 120 valence electrons. The third-order valence-electron chi connectivity index (χ3n) is 4.67. The van der Waals surface area contributed by atoms with Gasteiger partial charge in [-0.25, -0.2) is 0 Å². The number of carbonyl (C=O) groups is 2. The average molecular weight is 296 g/mol. The topological polar surface area (TPSA) is 58.6 Å². The van der Waals surface area contributed by atoms with Gasteiger partial charge in [-0.15, -0.1) is 0 Å². The van der Waals surface area contributed by atoms with Crippen LogP contribution in [-0.2, 0) is 14.3 Å². The number of amides is 2. The second-order valence-electron chi connectivity index (χ2n) is 6.93. The van der Waals surface area contributed by atoms with Crippen LogP contribution in [0.4, 0.5) is 0 Å². The second kappa shape index (κ2) is 5.95. The molecule has 1 saturated carbocycles. The molecular weight excluding hydrogens is 268 g/mol. The van der Waals surface area contributed by atoms with Crippen molar-refractivity contribution in [2.24, 2.45) is 0 Å². The molecule has 0 aromatic carbocycles. The molecule has 1 spiro atoms. The fourth-order valence-electron chi connectivity index (χ4n) is 3.54. The van der Waals surface area contributed by atoms with Crippen LogP contribution in [0.5, 0.6) is 0 Å². The van der Waals surface area contributed by atoms with E-state index in [0.29, 0.717) is 13.2 Å². The molecule has 5 heteroatoms. The largest absolute Gasteiger partial charge is 0.374 e. The summed E-state index contributed by atoms with van der Waals surface area (Å²) in [6.45, 7) is 8.73. The normalized spacial score (nSPS) is 26.1. The summed E-state index contributed by atoms with van der Waals surface area (Å²) in [5.74, 6) is 0.0332. The number of rotatable bonds is 4. The predicted molar refractivity (Wildman–Crippen MR) is 80.8 cm³/mol. The van der Waals surface area contributed by atoms with Gasteiger partial charge >= 0.3 is 0 Å². The molecule has 21 heavy (non-hydrogen) atoms. The summed E-state index contributed by atoms with van der Waals surface area (Å²) in [5.41, 5.74) is -1.10. The van der Waals surface area contributed by atoms with Gasteiger partial charge in [0.1, 0.15) is 11.6 Å². The van der Waals surface area contributed by atoms with Crippen molar-refractivity contribution < 1.29 is 14.3 Å². The highest BCUT2D eigenvalue weighted by atomic mass is 16.5. The maximum Gasteiger partial charge on any atom is 0.249 e. The molecule has 0 aromatic heterocycles. The Morgan fingerprint density at radius 2 is 1.90 bits per heavy atom. The molecule has 2 rings (SSSR count). The zero-order valence-electron chi connectivity index (χ0n) is 13.7. The average Bonchev–Trinajstić information content (AvgIpc) is 2.43. The van der Waals surface area contributed by atoms with Gasteiger partial charge in [-0.3, -0.25) is 9.59 Å². The molecule has 1 aliphatic heterocycles. The zero-order chi connectivity index (χ0) is 15.7. The van der Waals surface area contributed by atoms with E-state index < -0.39 is 17.2 Å². The molecule has 1 saturated heterocycles. The lowest BCUT2D eigenvalue weighted by molar-refractivity contribution is -0.160. The molecule has 5 nitrogen and oxygen atoms in total. The van der Waals surface area contributed by atoms with Gasteiger partial charge in [0.15, 0.2) is 0 Å². The lowest BCUT2D eigenvalue weighted by atomic mass is 9.78. The van der Waals surface area contributed by atoms with E-state index in [1.165, 1.54) is 0 Å². The zero-order valence-corrected chi connectivity index (χ0v) is 13.7. The highest BCUT2D eigenvalue weighted by Crippen LogP contribution is 2.34. The minimum absolute atomic E-state index is 0.0381. The lowest BCUT2D eigenvalue weighted by Gasteiger charge is -2.48. The molecule has 0 bridgehead atoms. The van der Waals surface area contributed by atoms with Gasteiger partial charge in [-0.1, -0.05) is 19.3 Å².